The van der Waals surface area contributed by atoms with Crippen LogP contribution in [-0.2, 0) is 0 Å². The monoisotopic (exact) mass is 292 g/mol. The average molecular weight is 292 g/mol. The number of anilines is 1. The molecule has 1 aromatic rings. The number of hydrogen-bond acceptors (Lipinski definition) is 6. The van der Waals surface area contributed by atoms with Gasteiger partial charge in [-0.3, -0.25) is 4.79 Å². The van der Waals surface area contributed by atoms with E-state index in [2.05, 4.69) is 32.1 Å². The van der Waals surface area contributed by atoms with Crippen molar-refractivity contribution in [1.82, 2.24) is 24.7 Å². The van der Waals surface area contributed by atoms with Crippen molar-refractivity contribution in [2.45, 2.75) is 0 Å². The largest absolute Gasteiger partial charge is 0.353 e. The maximum absolute atomic E-state index is 12.4. The normalized spacial score (nSPS) is 16.3. The van der Waals surface area contributed by atoms with Gasteiger partial charge in [-0.25, -0.2) is 9.97 Å². The molecule has 0 saturated carbocycles. The lowest BCUT2D eigenvalue weighted by molar-refractivity contribution is 0.0658. The first kappa shape index (κ1) is 15.7. The summed E-state index contributed by atoms with van der Waals surface area (Å²) in [6.45, 7) is 4.96. The van der Waals surface area contributed by atoms with Crippen molar-refractivity contribution >= 4 is 11.9 Å². The highest BCUT2D eigenvalue weighted by Crippen LogP contribution is 2.07. The topological polar surface area (TPSA) is 64.6 Å². The Balaban J connectivity index is 1.94. The number of nitrogens with zero attached hydrogens (tertiary/aromatic N) is 5. The minimum absolute atomic E-state index is 0.0128. The molecule has 1 fully saturated rings. The molecule has 2 rings (SSSR count). The van der Waals surface area contributed by atoms with Gasteiger partial charge in [-0.2, -0.15) is 0 Å². The molecule has 0 aliphatic carbocycles. The zero-order valence-corrected chi connectivity index (χ0v) is 13.0. The molecule has 1 amide bonds. The van der Waals surface area contributed by atoms with E-state index in [0.29, 0.717) is 11.6 Å². The van der Waals surface area contributed by atoms with Crippen molar-refractivity contribution < 1.29 is 4.79 Å². The smallest absolute Gasteiger partial charge is 0.272 e. The quantitative estimate of drug-likeness (QED) is 0.813. The van der Waals surface area contributed by atoms with E-state index in [4.69, 9.17) is 0 Å². The summed E-state index contributed by atoms with van der Waals surface area (Å²) in [6, 6.07) is 1.68. The van der Waals surface area contributed by atoms with Crippen LogP contribution in [0.5, 0.6) is 0 Å². The predicted octanol–water partition coefficient (Wildman–Crippen LogP) is -0.162. The lowest BCUT2D eigenvalue weighted by Crippen LogP contribution is -2.47. The Hall–Kier alpha value is -1.73. The molecule has 1 saturated heterocycles. The highest BCUT2D eigenvalue weighted by Gasteiger charge is 2.21. The number of rotatable bonds is 5. The third-order valence-corrected chi connectivity index (χ3v) is 3.51. The van der Waals surface area contributed by atoms with Gasteiger partial charge in [-0.1, -0.05) is 0 Å². The number of aromatic nitrogens is 2. The first-order valence-electron chi connectivity index (χ1n) is 7.26. The zero-order valence-electron chi connectivity index (χ0n) is 13.0. The van der Waals surface area contributed by atoms with Crippen molar-refractivity contribution in [1.29, 1.82) is 0 Å². The van der Waals surface area contributed by atoms with Crippen molar-refractivity contribution in [2.24, 2.45) is 0 Å². The van der Waals surface area contributed by atoms with E-state index in [1.54, 1.807) is 12.3 Å². The molecule has 0 bridgehead atoms. The standard InChI is InChI=1S/C14H24N6O/c1-18(2)7-6-16-14-15-5-4-12(17-14)13(21)20-10-8-19(3)9-11-20/h4-5H,6-11H2,1-3H3,(H,15,16,17). The highest BCUT2D eigenvalue weighted by molar-refractivity contribution is 5.92. The van der Waals surface area contributed by atoms with E-state index < -0.39 is 0 Å². The summed E-state index contributed by atoms with van der Waals surface area (Å²) in [6.07, 6.45) is 1.63. The average Bonchev–Trinajstić information content (AvgIpc) is 2.47. The van der Waals surface area contributed by atoms with E-state index in [-0.39, 0.29) is 5.91 Å². The van der Waals surface area contributed by atoms with Crippen LogP contribution in [0.25, 0.3) is 0 Å². The Labute approximate surface area is 126 Å². The van der Waals surface area contributed by atoms with E-state index in [0.717, 1.165) is 39.3 Å². The number of nitrogens with one attached hydrogen (secondary N) is 1. The fourth-order valence-corrected chi connectivity index (χ4v) is 2.13. The van der Waals surface area contributed by atoms with Gasteiger partial charge < -0.3 is 20.0 Å². The van der Waals surface area contributed by atoms with Crippen LogP contribution in [0.15, 0.2) is 12.3 Å². The Bertz CT molecular complexity index is 470. The van der Waals surface area contributed by atoms with Crippen LogP contribution in [0.2, 0.25) is 0 Å². The summed E-state index contributed by atoms with van der Waals surface area (Å²) in [5.74, 6) is 0.498. The van der Waals surface area contributed by atoms with Gasteiger partial charge >= 0.3 is 0 Å². The van der Waals surface area contributed by atoms with Gasteiger partial charge in [0.2, 0.25) is 5.95 Å². The summed E-state index contributed by atoms with van der Waals surface area (Å²) in [7, 11) is 6.09. The molecular formula is C14H24N6O. The number of hydrogen-bond donors (Lipinski definition) is 1. The summed E-state index contributed by atoms with van der Waals surface area (Å²) in [5, 5.41) is 3.14. The van der Waals surface area contributed by atoms with Gasteiger partial charge in [0.15, 0.2) is 0 Å². The van der Waals surface area contributed by atoms with Crippen LogP contribution in [0.3, 0.4) is 0 Å². The molecule has 1 aromatic heterocycles. The second-order valence-corrected chi connectivity index (χ2v) is 5.59. The summed E-state index contributed by atoms with van der Waals surface area (Å²) in [4.78, 5) is 27.0. The van der Waals surface area contributed by atoms with Gasteiger partial charge in [0.25, 0.3) is 5.91 Å². The van der Waals surface area contributed by atoms with Crippen molar-refractivity contribution in [3.8, 4) is 0 Å². The van der Waals surface area contributed by atoms with Gasteiger partial charge in [-0.15, -0.1) is 0 Å². The van der Waals surface area contributed by atoms with Gasteiger partial charge in [-0.05, 0) is 27.2 Å². The molecule has 0 unspecified atom stereocenters. The molecule has 0 radical (unpaired) electrons. The Kier molecular flexibility index (Phi) is 5.46. The molecule has 7 nitrogen and oxygen atoms in total. The number of likely N-dealkylation sites (N-methyl/N-ethyl adjacent to an activating group) is 2. The van der Waals surface area contributed by atoms with Crippen LogP contribution in [0, 0.1) is 0 Å². The molecule has 2 heterocycles. The second kappa shape index (κ2) is 7.33. The van der Waals surface area contributed by atoms with E-state index in [1.807, 2.05) is 19.0 Å². The zero-order chi connectivity index (χ0) is 15.2. The Morgan fingerprint density at radius 1 is 1.33 bits per heavy atom. The van der Waals surface area contributed by atoms with Gasteiger partial charge in [0.1, 0.15) is 5.69 Å². The molecule has 1 N–H and O–H groups in total. The van der Waals surface area contributed by atoms with Crippen LogP contribution >= 0.6 is 0 Å². The molecule has 0 spiro atoms. The van der Waals surface area contributed by atoms with Crippen LogP contribution < -0.4 is 5.32 Å². The number of carbonyl (C=O) groups excluding carboxylic acids is 1. The molecule has 1 aliphatic rings. The van der Waals surface area contributed by atoms with E-state index in [1.165, 1.54) is 0 Å². The first-order chi connectivity index (χ1) is 10.1. The molecule has 1 aliphatic heterocycles. The predicted molar refractivity (Wildman–Crippen MR) is 82.5 cm³/mol. The first-order valence-corrected chi connectivity index (χ1v) is 7.26. The minimum atomic E-state index is -0.0128. The summed E-state index contributed by atoms with van der Waals surface area (Å²) in [5.41, 5.74) is 0.460. The fraction of sp³-hybridized carbons (Fsp3) is 0.643. The maximum Gasteiger partial charge on any atom is 0.272 e. The minimum Gasteiger partial charge on any atom is -0.353 e. The van der Waals surface area contributed by atoms with Gasteiger partial charge in [0, 0.05) is 45.5 Å². The SMILES string of the molecule is CN(C)CCNc1nccc(C(=O)N2CCN(C)CC2)n1. The fourth-order valence-electron chi connectivity index (χ4n) is 2.13. The number of piperazine rings is 1. The molecule has 7 heteroatoms. The summed E-state index contributed by atoms with van der Waals surface area (Å²) >= 11 is 0. The van der Waals surface area contributed by atoms with E-state index >= 15 is 0 Å². The maximum atomic E-state index is 12.4. The lowest BCUT2D eigenvalue weighted by Gasteiger charge is -2.32. The van der Waals surface area contributed by atoms with Crippen LogP contribution in [-0.4, -0.2) is 91.0 Å². The molecular weight excluding hydrogens is 268 g/mol. The van der Waals surface area contributed by atoms with Crippen LogP contribution in [0.1, 0.15) is 10.5 Å². The number of amides is 1. The lowest BCUT2D eigenvalue weighted by atomic mass is 10.3. The molecule has 0 atom stereocenters. The van der Waals surface area contributed by atoms with Crippen molar-refractivity contribution in [2.75, 3.05) is 65.7 Å². The Morgan fingerprint density at radius 2 is 2.05 bits per heavy atom. The third kappa shape index (κ3) is 4.64. The third-order valence-electron chi connectivity index (χ3n) is 3.51. The van der Waals surface area contributed by atoms with E-state index in [9.17, 15) is 4.79 Å². The van der Waals surface area contributed by atoms with Gasteiger partial charge in [0.05, 0.1) is 0 Å². The molecule has 21 heavy (non-hydrogen) atoms. The molecule has 0 aromatic carbocycles. The Morgan fingerprint density at radius 3 is 2.71 bits per heavy atom. The summed E-state index contributed by atoms with van der Waals surface area (Å²) < 4.78 is 0. The highest BCUT2D eigenvalue weighted by atomic mass is 16.2. The van der Waals surface area contributed by atoms with Crippen molar-refractivity contribution in [3.63, 3.8) is 0 Å². The number of carbonyl (C=O) groups is 1. The molecule has 116 valence electrons. The van der Waals surface area contributed by atoms with Crippen LogP contribution in [0.4, 0.5) is 5.95 Å². The van der Waals surface area contributed by atoms with Crippen molar-refractivity contribution in [3.05, 3.63) is 18.0 Å². The second-order valence-electron chi connectivity index (χ2n) is 5.59.